The molecule has 3 atom stereocenters. The number of anilines is 1. The minimum absolute atomic E-state index is 0.109. The van der Waals surface area contributed by atoms with Crippen LogP contribution in [0.3, 0.4) is 0 Å². The molecule has 1 saturated carbocycles. The van der Waals surface area contributed by atoms with Gasteiger partial charge in [-0.2, -0.15) is 0 Å². The summed E-state index contributed by atoms with van der Waals surface area (Å²) in [6, 6.07) is 2.36. The molecule has 3 amide bonds. The molecule has 32 heavy (non-hydrogen) atoms. The quantitative estimate of drug-likeness (QED) is 0.241. The van der Waals surface area contributed by atoms with Gasteiger partial charge < -0.3 is 20.5 Å². The van der Waals surface area contributed by atoms with E-state index in [1.165, 1.54) is 4.90 Å². The van der Waals surface area contributed by atoms with Gasteiger partial charge >= 0.3 is 6.09 Å². The number of hydrogen-bond donors (Lipinski definition) is 3. The molecule has 0 bridgehead atoms. The van der Waals surface area contributed by atoms with E-state index in [-0.39, 0.29) is 18.6 Å². The maximum Gasteiger partial charge on any atom is 0.408 e. The summed E-state index contributed by atoms with van der Waals surface area (Å²) in [6.45, 7) is 8.12. The third-order valence-electron chi connectivity index (χ3n) is 5.83. The third kappa shape index (κ3) is 5.36. The van der Waals surface area contributed by atoms with Crippen molar-refractivity contribution in [2.45, 2.75) is 44.4 Å². The van der Waals surface area contributed by atoms with Crippen molar-refractivity contribution in [3.05, 3.63) is 47.6 Å². The Hall–Kier alpha value is -2.72. The van der Waals surface area contributed by atoms with Crippen molar-refractivity contribution in [3.63, 3.8) is 0 Å². The summed E-state index contributed by atoms with van der Waals surface area (Å²) in [5.74, 6) is -0.249. The van der Waals surface area contributed by atoms with Gasteiger partial charge in [-0.1, -0.05) is 18.2 Å². The summed E-state index contributed by atoms with van der Waals surface area (Å²) in [4.78, 5) is 42.5. The fourth-order valence-electron chi connectivity index (χ4n) is 4.12. The zero-order valence-corrected chi connectivity index (χ0v) is 19.3. The number of likely N-dealkylation sites (tertiary alicyclic amines) is 1. The average molecular weight is 507 g/mol. The fraction of sp³-hybridized carbons (Fsp3) is 0.455. The Labute approximate surface area is 195 Å². The van der Waals surface area contributed by atoms with Gasteiger partial charge in [0, 0.05) is 30.0 Å². The summed E-state index contributed by atoms with van der Waals surface area (Å²) in [5, 5.41) is 15.4. The predicted molar refractivity (Wildman–Crippen MR) is 122 cm³/mol. The number of halogens is 1. The zero-order valence-electron chi connectivity index (χ0n) is 17.7. The van der Waals surface area contributed by atoms with E-state index in [0.29, 0.717) is 54.8 Å². The molecule has 1 saturated heterocycles. The Morgan fingerprint density at radius 3 is 2.78 bits per heavy atom. The number of ether oxygens (including phenoxy) is 1. The first-order chi connectivity index (χ1) is 15.3. The molecular weight excluding hydrogens is 480 g/mol. The lowest BCUT2D eigenvalue weighted by atomic mass is 9.99. The highest BCUT2D eigenvalue weighted by molar-refractivity contribution is 9.10. The van der Waals surface area contributed by atoms with Gasteiger partial charge in [0.1, 0.15) is 16.5 Å². The van der Waals surface area contributed by atoms with E-state index >= 15 is 0 Å². The molecule has 10 heteroatoms. The molecule has 172 valence electrons. The average Bonchev–Trinajstić information content (AvgIpc) is 3.35. The first-order valence-electron chi connectivity index (χ1n) is 10.3. The molecule has 0 spiro atoms. The van der Waals surface area contributed by atoms with Gasteiger partial charge in [0.25, 0.3) is 0 Å². The van der Waals surface area contributed by atoms with Gasteiger partial charge in [0.15, 0.2) is 0 Å². The molecule has 1 aliphatic heterocycles. The van der Waals surface area contributed by atoms with Crippen molar-refractivity contribution < 1.29 is 24.2 Å². The van der Waals surface area contributed by atoms with E-state index in [4.69, 9.17) is 4.74 Å². The van der Waals surface area contributed by atoms with Crippen LogP contribution in [0.25, 0.3) is 0 Å². The molecule has 0 aromatic carbocycles. The molecule has 3 rings (SSSR count). The van der Waals surface area contributed by atoms with Crippen molar-refractivity contribution in [2.24, 2.45) is 5.41 Å². The number of carboxylic acid groups (broad SMARTS) is 1. The van der Waals surface area contributed by atoms with Crippen LogP contribution in [-0.4, -0.2) is 58.1 Å². The molecule has 2 fully saturated rings. The van der Waals surface area contributed by atoms with Gasteiger partial charge in [-0.25, -0.2) is 9.78 Å². The molecule has 2 aliphatic rings. The number of aromatic nitrogens is 1. The van der Waals surface area contributed by atoms with E-state index in [9.17, 15) is 19.5 Å². The second kappa shape index (κ2) is 10.3. The highest BCUT2D eigenvalue weighted by Crippen LogP contribution is 2.59. The maximum atomic E-state index is 13.1. The van der Waals surface area contributed by atoms with Gasteiger partial charge in [0.05, 0.1) is 13.2 Å². The highest BCUT2D eigenvalue weighted by Gasteiger charge is 2.67. The number of carbonyl (C=O) groups is 3. The van der Waals surface area contributed by atoms with E-state index in [0.717, 1.165) is 0 Å². The summed E-state index contributed by atoms with van der Waals surface area (Å²) < 4.78 is 5.99. The second-order valence-electron chi connectivity index (χ2n) is 8.03. The Bertz CT molecular complexity index is 924. The summed E-state index contributed by atoms with van der Waals surface area (Å²) in [7, 11) is 0. The van der Waals surface area contributed by atoms with E-state index in [2.05, 4.69) is 44.7 Å². The topological polar surface area (TPSA) is 121 Å². The standard InChI is InChI=1S/C22H27BrN4O5/c1-3-5-6-18(28)24-13-22-10-15(27(21(30)31)16(22)11-22)20(29)26-19-14(12-32-9-4-2)7-8-17(23)25-19/h3-4,7-8,15-16H,1-2,5-6,9-13H2,(H,24,28)(H,30,31)(H,25,26,29)/t15-,16?,22?/m0/s1. The molecule has 0 radical (unpaired) electrons. The van der Waals surface area contributed by atoms with Crippen LogP contribution < -0.4 is 10.6 Å². The van der Waals surface area contributed by atoms with Crippen molar-refractivity contribution in [3.8, 4) is 0 Å². The number of nitrogens with one attached hydrogen (secondary N) is 2. The molecule has 3 N–H and O–H groups in total. The SMILES string of the molecule is C=CCCC(=O)NCC12CC1N(C(=O)O)[C@H](C(=O)Nc1nc(Br)ccc1COCC=C)C2. The number of allylic oxidation sites excluding steroid dienone is 1. The Kier molecular flexibility index (Phi) is 7.68. The van der Waals surface area contributed by atoms with Crippen molar-refractivity contribution in [1.29, 1.82) is 0 Å². The maximum absolute atomic E-state index is 13.1. The van der Waals surface area contributed by atoms with Crippen LogP contribution >= 0.6 is 15.9 Å². The van der Waals surface area contributed by atoms with Crippen LogP contribution in [0.1, 0.15) is 31.2 Å². The van der Waals surface area contributed by atoms with Crippen LogP contribution in [0.5, 0.6) is 0 Å². The smallest absolute Gasteiger partial charge is 0.408 e. The number of piperidine rings is 1. The van der Waals surface area contributed by atoms with Crippen LogP contribution in [-0.2, 0) is 20.9 Å². The molecule has 9 nitrogen and oxygen atoms in total. The molecule has 1 aliphatic carbocycles. The van der Waals surface area contributed by atoms with Crippen LogP contribution in [0.15, 0.2) is 42.0 Å². The first-order valence-corrected chi connectivity index (χ1v) is 11.1. The van der Waals surface area contributed by atoms with Crippen LogP contribution in [0.2, 0.25) is 0 Å². The van der Waals surface area contributed by atoms with Crippen molar-refractivity contribution in [1.82, 2.24) is 15.2 Å². The lowest BCUT2D eigenvalue weighted by Gasteiger charge is -2.24. The molecular formula is C22H27BrN4O5. The van der Waals surface area contributed by atoms with Gasteiger partial charge in [-0.05, 0) is 41.3 Å². The summed E-state index contributed by atoms with van der Waals surface area (Å²) >= 11 is 3.29. The number of amides is 3. The third-order valence-corrected chi connectivity index (χ3v) is 6.28. The first kappa shape index (κ1) is 23.9. The molecule has 1 aromatic heterocycles. The van der Waals surface area contributed by atoms with Crippen LogP contribution in [0.4, 0.5) is 10.6 Å². The number of hydrogen-bond acceptors (Lipinski definition) is 5. The van der Waals surface area contributed by atoms with Crippen molar-refractivity contribution >= 4 is 39.7 Å². The molecule has 2 heterocycles. The van der Waals surface area contributed by atoms with E-state index in [1.807, 2.05) is 0 Å². The molecule has 1 aromatic rings. The Balaban J connectivity index is 1.69. The van der Waals surface area contributed by atoms with Gasteiger partial charge in [-0.3, -0.25) is 14.5 Å². The monoisotopic (exact) mass is 506 g/mol. The summed E-state index contributed by atoms with van der Waals surface area (Å²) in [6.07, 6.45) is 4.02. The minimum atomic E-state index is -1.15. The lowest BCUT2D eigenvalue weighted by Crippen LogP contribution is -2.45. The normalized spacial score (nSPS) is 23.2. The lowest BCUT2D eigenvalue weighted by molar-refractivity contribution is -0.121. The Morgan fingerprint density at radius 2 is 2.09 bits per heavy atom. The fourth-order valence-corrected chi connectivity index (χ4v) is 4.43. The summed E-state index contributed by atoms with van der Waals surface area (Å²) in [5.41, 5.74) is 0.253. The van der Waals surface area contributed by atoms with Gasteiger partial charge in [0.2, 0.25) is 11.8 Å². The number of pyridine rings is 1. The number of fused-ring (bicyclic) bond motifs is 1. The number of rotatable bonds is 11. The van der Waals surface area contributed by atoms with E-state index in [1.54, 1.807) is 24.3 Å². The largest absolute Gasteiger partial charge is 0.465 e. The minimum Gasteiger partial charge on any atom is -0.465 e. The second-order valence-corrected chi connectivity index (χ2v) is 8.84. The number of nitrogens with zero attached hydrogens (tertiary/aromatic N) is 2. The van der Waals surface area contributed by atoms with Crippen LogP contribution in [0, 0.1) is 5.41 Å². The Morgan fingerprint density at radius 1 is 1.31 bits per heavy atom. The predicted octanol–water partition coefficient (Wildman–Crippen LogP) is 3.08. The zero-order chi connectivity index (χ0) is 23.3. The van der Waals surface area contributed by atoms with E-state index < -0.39 is 23.5 Å². The van der Waals surface area contributed by atoms with Crippen molar-refractivity contribution in [2.75, 3.05) is 18.5 Å². The molecule has 2 unspecified atom stereocenters. The number of carbonyl (C=O) groups excluding carboxylic acids is 2. The highest BCUT2D eigenvalue weighted by atomic mass is 79.9. The van der Waals surface area contributed by atoms with Gasteiger partial charge in [-0.15, -0.1) is 13.2 Å².